The Bertz CT molecular complexity index is 1160. The summed E-state index contributed by atoms with van der Waals surface area (Å²) < 4.78 is 14.1. The fourth-order valence-electron chi connectivity index (χ4n) is 3.03. The molecule has 2 aromatic carbocycles. The van der Waals surface area contributed by atoms with Crippen LogP contribution in [0.1, 0.15) is 0 Å². The first-order chi connectivity index (χ1) is 18.4. The molecule has 3 rings (SSSR count). The molecule has 0 aromatic heterocycles. The number of hydrogen-bond donors (Lipinski definition) is 6. The number of piperazine rings is 1. The Morgan fingerprint density at radius 3 is 1.59 bits per heavy atom. The average Bonchev–Trinajstić information content (AvgIpc) is 2.88. The number of likely N-dealkylation sites (N-methyl/N-ethyl adjacent to an activating group) is 1. The number of para-hydroxylation sites is 1. The Balaban J connectivity index is 0.000000393. The number of rotatable bonds is 6. The molecule has 39 heavy (non-hydrogen) atoms. The second-order valence-corrected chi connectivity index (χ2v) is 7.81. The minimum absolute atomic E-state index is 0.257. The number of hydrogen-bond acceptors (Lipinski definition) is 6. The van der Waals surface area contributed by atoms with Gasteiger partial charge in [-0.2, -0.15) is 0 Å². The summed E-state index contributed by atoms with van der Waals surface area (Å²) in [7, 11) is 2.09. The summed E-state index contributed by atoms with van der Waals surface area (Å²) in [5.74, 6) is -4.92. The standard InChI is InChI=1S/C18H21FN4.2C4H4O4/c1-22-10-12-23(13-11-22)18(20)21-17-9-5-3-7-15(17)14-6-2-4-8-16(14)19;2*5-3(6)1-2-4(7)8/h2-9H,10-13H2,1H3,(H2,20,21);2*1-2H,(H,5,6)(H,7,8)/b;2*2-1+. The van der Waals surface area contributed by atoms with Crippen LogP contribution in [0.2, 0.25) is 0 Å². The van der Waals surface area contributed by atoms with E-state index in [-0.39, 0.29) is 5.82 Å². The molecule has 1 aliphatic rings. The average molecular weight is 545 g/mol. The van der Waals surface area contributed by atoms with Gasteiger partial charge in [0.15, 0.2) is 5.96 Å². The number of aliphatic carboxylic acids is 4. The summed E-state index contributed by atoms with van der Waals surface area (Å²) in [6.07, 6.45) is 2.23. The summed E-state index contributed by atoms with van der Waals surface area (Å²) in [6, 6.07) is 14.2. The minimum Gasteiger partial charge on any atom is -0.478 e. The molecule has 2 aromatic rings. The van der Waals surface area contributed by atoms with Gasteiger partial charge in [0, 0.05) is 67.3 Å². The highest BCUT2D eigenvalue weighted by molar-refractivity contribution is 5.96. The molecule has 1 aliphatic heterocycles. The summed E-state index contributed by atoms with van der Waals surface area (Å²) in [5, 5.41) is 42.7. The lowest BCUT2D eigenvalue weighted by Gasteiger charge is -2.34. The fourth-order valence-corrected chi connectivity index (χ4v) is 3.03. The van der Waals surface area contributed by atoms with Crippen molar-refractivity contribution in [2.24, 2.45) is 0 Å². The van der Waals surface area contributed by atoms with Crippen LogP contribution in [-0.2, 0) is 19.2 Å². The molecule has 208 valence electrons. The van der Waals surface area contributed by atoms with Gasteiger partial charge in [0.05, 0.1) is 0 Å². The van der Waals surface area contributed by atoms with Crippen molar-refractivity contribution in [3.63, 3.8) is 0 Å². The number of nitrogens with zero attached hydrogens (tertiary/aromatic N) is 2. The van der Waals surface area contributed by atoms with E-state index in [1.165, 1.54) is 6.07 Å². The molecular formula is C26H29FN4O8. The topological polar surface area (TPSA) is 192 Å². The third kappa shape index (κ3) is 13.2. The lowest BCUT2D eigenvalue weighted by molar-refractivity contribution is -0.134. The smallest absolute Gasteiger partial charge is 0.328 e. The SMILES string of the molecule is CN1CCN(C(=N)Nc2ccccc2-c2ccccc2F)CC1.O=C(O)/C=C/C(=O)O.O=C(O)/C=C/C(=O)O. The first-order valence-electron chi connectivity index (χ1n) is 11.3. The maximum atomic E-state index is 14.1. The highest BCUT2D eigenvalue weighted by atomic mass is 19.1. The van der Waals surface area contributed by atoms with Gasteiger partial charge >= 0.3 is 23.9 Å². The van der Waals surface area contributed by atoms with Gasteiger partial charge in [-0.15, -0.1) is 0 Å². The Labute approximate surface area is 223 Å². The monoisotopic (exact) mass is 544 g/mol. The van der Waals surface area contributed by atoms with Crippen LogP contribution in [0.25, 0.3) is 11.1 Å². The summed E-state index contributed by atoms with van der Waals surface area (Å²) >= 11 is 0. The van der Waals surface area contributed by atoms with Crippen LogP contribution in [0, 0.1) is 11.2 Å². The van der Waals surface area contributed by atoms with Crippen molar-refractivity contribution in [3.05, 3.63) is 78.7 Å². The van der Waals surface area contributed by atoms with E-state index in [1.54, 1.807) is 12.1 Å². The van der Waals surface area contributed by atoms with Gasteiger partial charge in [-0.1, -0.05) is 36.4 Å². The number of halogens is 1. The van der Waals surface area contributed by atoms with Crippen LogP contribution >= 0.6 is 0 Å². The summed E-state index contributed by atoms with van der Waals surface area (Å²) in [6.45, 7) is 3.53. The molecular weight excluding hydrogens is 515 g/mol. The molecule has 0 spiro atoms. The molecule has 12 nitrogen and oxygen atoms in total. The molecule has 6 N–H and O–H groups in total. The predicted octanol–water partition coefficient (Wildman–Crippen LogP) is 2.51. The molecule has 0 amide bonds. The van der Waals surface area contributed by atoms with E-state index in [1.807, 2.05) is 35.2 Å². The largest absolute Gasteiger partial charge is 0.478 e. The number of carboxylic acids is 4. The van der Waals surface area contributed by atoms with E-state index >= 15 is 0 Å². The van der Waals surface area contributed by atoms with Gasteiger partial charge < -0.3 is 35.5 Å². The second kappa shape index (κ2) is 16.7. The number of anilines is 1. The van der Waals surface area contributed by atoms with Crippen LogP contribution < -0.4 is 5.32 Å². The van der Waals surface area contributed by atoms with Crippen molar-refractivity contribution in [2.45, 2.75) is 0 Å². The molecule has 0 atom stereocenters. The molecule has 0 unspecified atom stereocenters. The minimum atomic E-state index is -1.26. The lowest BCUT2D eigenvalue weighted by Crippen LogP contribution is -2.48. The number of guanidine groups is 1. The van der Waals surface area contributed by atoms with Crippen LogP contribution in [0.15, 0.2) is 72.8 Å². The number of nitrogens with one attached hydrogen (secondary N) is 2. The van der Waals surface area contributed by atoms with E-state index in [9.17, 15) is 23.6 Å². The van der Waals surface area contributed by atoms with Gasteiger partial charge in [0.2, 0.25) is 0 Å². The fraction of sp³-hybridized carbons (Fsp3) is 0.192. The second-order valence-electron chi connectivity index (χ2n) is 7.81. The zero-order valence-corrected chi connectivity index (χ0v) is 21.0. The third-order valence-corrected chi connectivity index (χ3v) is 4.90. The maximum absolute atomic E-state index is 14.1. The van der Waals surface area contributed by atoms with E-state index in [2.05, 4.69) is 17.3 Å². The molecule has 1 fully saturated rings. The normalized spacial score (nSPS) is 13.0. The first-order valence-corrected chi connectivity index (χ1v) is 11.3. The summed E-state index contributed by atoms with van der Waals surface area (Å²) in [4.78, 5) is 42.5. The number of carboxylic acid groups (broad SMARTS) is 4. The third-order valence-electron chi connectivity index (χ3n) is 4.90. The van der Waals surface area contributed by atoms with Crippen LogP contribution in [-0.4, -0.2) is 93.3 Å². The highest BCUT2D eigenvalue weighted by Crippen LogP contribution is 2.29. The van der Waals surface area contributed by atoms with E-state index in [0.29, 0.717) is 35.8 Å². The quantitative estimate of drug-likeness (QED) is 0.178. The Morgan fingerprint density at radius 2 is 1.15 bits per heavy atom. The van der Waals surface area contributed by atoms with Crippen LogP contribution in [0.5, 0.6) is 0 Å². The molecule has 1 saturated heterocycles. The van der Waals surface area contributed by atoms with Crippen molar-refractivity contribution in [2.75, 3.05) is 38.5 Å². The first kappa shape index (κ1) is 32.0. The van der Waals surface area contributed by atoms with Crippen molar-refractivity contribution in [1.29, 1.82) is 5.41 Å². The predicted molar refractivity (Wildman–Crippen MR) is 141 cm³/mol. The zero-order valence-electron chi connectivity index (χ0n) is 21.0. The molecule has 1 heterocycles. The van der Waals surface area contributed by atoms with E-state index < -0.39 is 23.9 Å². The Kier molecular flexibility index (Phi) is 13.7. The van der Waals surface area contributed by atoms with Crippen molar-refractivity contribution in [3.8, 4) is 11.1 Å². The highest BCUT2D eigenvalue weighted by Gasteiger charge is 2.18. The number of benzene rings is 2. The maximum Gasteiger partial charge on any atom is 0.328 e. The van der Waals surface area contributed by atoms with E-state index in [4.69, 9.17) is 25.8 Å². The summed E-state index contributed by atoms with van der Waals surface area (Å²) in [5.41, 5.74) is 2.06. The van der Waals surface area contributed by atoms with Crippen molar-refractivity contribution in [1.82, 2.24) is 9.80 Å². The molecule has 0 bridgehead atoms. The lowest BCUT2D eigenvalue weighted by atomic mass is 10.0. The van der Waals surface area contributed by atoms with Gasteiger partial charge in [0.25, 0.3) is 0 Å². The Hall–Kier alpha value is -5.04. The van der Waals surface area contributed by atoms with Gasteiger partial charge in [-0.3, -0.25) is 5.41 Å². The van der Waals surface area contributed by atoms with Gasteiger partial charge in [-0.05, 0) is 19.2 Å². The molecule has 0 aliphatic carbocycles. The number of carbonyl (C=O) groups is 4. The van der Waals surface area contributed by atoms with Crippen LogP contribution in [0.4, 0.5) is 10.1 Å². The zero-order chi connectivity index (χ0) is 29.4. The van der Waals surface area contributed by atoms with Gasteiger partial charge in [-0.25, -0.2) is 23.6 Å². The molecule has 0 radical (unpaired) electrons. The Morgan fingerprint density at radius 1 is 0.744 bits per heavy atom. The van der Waals surface area contributed by atoms with Crippen molar-refractivity contribution < 1.29 is 44.0 Å². The molecule has 13 heteroatoms. The van der Waals surface area contributed by atoms with Gasteiger partial charge in [0.1, 0.15) is 5.82 Å². The van der Waals surface area contributed by atoms with E-state index in [0.717, 1.165) is 37.4 Å². The van der Waals surface area contributed by atoms with Crippen LogP contribution in [0.3, 0.4) is 0 Å². The molecule has 0 saturated carbocycles. The van der Waals surface area contributed by atoms with Crippen molar-refractivity contribution >= 4 is 35.5 Å².